The molecule has 7 nitrogen and oxygen atoms in total. The van der Waals surface area contributed by atoms with E-state index < -0.39 is 6.35 Å². The first-order chi connectivity index (χ1) is 13.5. The van der Waals surface area contributed by atoms with E-state index in [2.05, 4.69) is 9.89 Å². The molecule has 0 aliphatic carbocycles. The van der Waals surface area contributed by atoms with Crippen LogP contribution in [0.25, 0.3) is 0 Å². The quantitative estimate of drug-likeness (QED) is 0.749. The molecule has 0 radical (unpaired) electrons. The van der Waals surface area contributed by atoms with Crippen molar-refractivity contribution in [2.24, 2.45) is 4.99 Å². The zero-order valence-electron chi connectivity index (χ0n) is 16.0. The van der Waals surface area contributed by atoms with Crippen LogP contribution in [-0.4, -0.2) is 73.7 Å². The minimum atomic E-state index is -1.01. The molecule has 9 heteroatoms. The molecular weight excluding hydrogens is 405 g/mol. The van der Waals surface area contributed by atoms with Crippen molar-refractivity contribution in [2.75, 3.05) is 40.4 Å². The van der Waals surface area contributed by atoms with Crippen LogP contribution in [0.5, 0.6) is 5.75 Å². The third kappa shape index (κ3) is 5.23. The summed E-state index contributed by atoms with van der Waals surface area (Å²) in [5.74, 6) is 1.63. The third-order valence-electron chi connectivity index (χ3n) is 4.86. The number of hydrogen-bond acceptors (Lipinski definition) is 7. The molecule has 2 aliphatic heterocycles. The van der Waals surface area contributed by atoms with Crippen LogP contribution in [-0.2, 0) is 9.47 Å². The Morgan fingerprint density at radius 3 is 2.50 bits per heavy atom. The van der Waals surface area contributed by atoms with E-state index in [9.17, 15) is 5.11 Å². The second-order valence-electron chi connectivity index (χ2n) is 6.63. The second-order valence-corrected chi connectivity index (χ2v) is 7.45. The SMILES string of the molecule is COC1=CC(OC)=NC(O)N1CCN1CCC(Oc2ccc(Cl)c(Cl)c2)CC1. The minimum absolute atomic E-state index is 0.150. The number of hydrogen-bond donors (Lipinski definition) is 1. The number of nitrogens with zero attached hydrogens (tertiary/aromatic N) is 3. The van der Waals surface area contributed by atoms with Gasteiger partial charge >= 0.3 is 0 Å². The van der Waals surface area contributed by atoms with Crippen molar-refractivity contribution in [2.45, 2.75) is 25.3 Å². The van der Waals surface area contributed by atoms with E-state index in [4.69, 9.17) is 37.4 Å². The Kier molecular flexibility index (Phi) is 7.29. The van der Waals surface area contributed by atoms with Crippen molar-refractivity contribution in [3.8, 4) is 5.75 Å². The fraction of sp³-hybridized carbons (Fsp3) is 0.526. The molecular formula is C19H25Cl2N3O4. The molecule has 0 saturated carbocycles. The van der Waals surface area contributed by atoms with Gasteiger partial charge in [-0.25, -0.2) is 0 Å². The van der Waals surface area contributed by atoms with Gasteiger partial charge in [0.1, 0.15) is 11.9 Å². The summed E-state index contributed by atoms with van der Waals surface area (Å²) in [6, 6.07) is 5.34. The van der Waals surface area contributed by atoms with Crippen LogP contribution < -0.4 is 4.74 Å². The maximum atomic E-state index is 10.2. The molecule has 0 amide bonds. The van der Waals surface area contributed by atoms with Crippen molar-refractivity contribution in [1.82, 2.24) is 9.80 Å². The van der Waals surface area contributed by atoms with Crippen molar-refractivity contribution in [3.05, 3.63) is 40.2 Å². The van der Waals surface area contributed by atoms with Crippen molar-refractivity contribution < 1.29 is 19.3 Å². The van der Waals surface area contributed by atoms with E-state index in [0.29, 0.717) is 28.4 Å². The highest BCUT2D eigenvalue weighted by molar-refractivity contribution is 6.42. The van der Waals surface area contributed by atoms with Gasteiger partial charge in [0.25, 0.3) is 0 Å². The number of aliphatic hydroxyl groups excluding tert-OH is 1. The first-order valence-corrected chi connectivity index (χ1v) is 9.92. The Balaban J connectivity index is 1.46. The summed E-state index contributed by atoms with van der Waals surface area (Å²) in [5.41, 5.74) is 0. The predicted octanol–water partition coefficient (Wildman–Crippen LogP) is 2.96. The number of aliphatic hydroxyl groups is 1. The maximum Gasteiger partial charge on any atom is 0.231 e. The lowest BCUT2D eigenvalue weighted by atomic mass is 10.1. The van der Waals surface area contributed by atoms with Crippen LogP contribution >= 0.6 is 23.2 Å². The van der Waals surface area contributed by atoms with Gasteiger partial charge in [0.15, 0.2) is 5.88 Å². The van der Waals surface area contributed by atoms with Gasteiger partial charge in [0.2, 0.25) is 12.2 Å². The molecule has 154 valence electrons. The average Bonchev–Trinajstić information content (AvgIpc) is 2.70. The molecule has 0 bridgehead atoms. The molecule has 0 spiro atoms. The lowest BCUT2D eigenvalue weighted by Gasteiger charge is -2.36. The normalized spacial score (nSPS) is 21.2. The highest BCUT2D eigenvalue weighted by atomic mass is 35.5. The van der Waals surface area contributed by atoms with Gasteiger partial charge in [-0.05, 0) is 25.0 Å². The van der Waals surface area contributed by atoms with Crippen LogP contribution in [0.4, 0.5) is 0 Å². The van der Waals surface area contributed by atoms with E-state index in [1.807, 2.05) is 6.07 Å². The molecule has 1 N–H and O–H groups in total. The number of piperidine rings is 1. The van der Waals surface area contributed by atoms with Gasteiger partial charge in [0.05, 0.1) is 30.3 Å². The summed E-state index contributed by atoms with van der Waals surface area (Å²) in [4.78, 5) is 8.12. The Bertz CT molecular complexity index is 736. The average molecular weight is 430 g/mol. The summed E-state index contributed by atoms with van der Waals surface area (Å²) in [6.07, 6.45) is 2.65. The summed E-state index contributed by atoms with van der Waals surface area (Å²) >= 11 is 12.0. The summed E-state index contributed by atoms with van der Waals surface area (Å²) in [5, 5.41) is 11.2. The maximum absolute atomic E-state index is 10.2. The molecule has 1 atom stereocenters. The highest BCUT2D eigenvalue weighted by Crippen LogP contribution is 2.28. The Morgan fingerprint density at radius 1 is 1.11 bits per heavy atom. The molecule has 0 aromatic heterocycles. The smallest absolute Gasteiger partial charge is 0.231 e. The molecule has 2 heterocycles. The zero-order valence-corrected chi connectivity index (χ0v) is 17.5. The van der Waals surface area contributed by atoms with Gasteiger partial charge in [-0.1, -0.05) is 23.2 Å². The number of rotatable bonds is 6. The number of benzene rings is 1. The predicted molar refractivity (Wildman–Crippen MR) is 109 cm³/mol. The number of likely N-dealkylation sites (tertiary alicyclic amines) is 1. The van der Waals surface area contributed by atoms with Gasteiger partial charge in [-0.3, -0.25) is 4.90 Å². The molecule has 1 aromatic rings. The second kappa shape index (κ2) is 9.69. The van der Waals surface area contributed by atoms with Crippen LogP contribution in [0.15, 0.2) is 35.2 Å². The van der Waals surface area contributed by atoms with Gasteiger partial charge in [-0.15, -0.1) is 0 Å². The fourth-order valence-corrected chi connectivity index (χ4v) is 3.57. The molecule has 1 aromatic carbocycles. The Hall–Kier alpha value is -1.67. The van der Waals surface area contributed by atoms with Crippen molar-refractivity contribution in [1.29, 1.82) is 0 Å². The number of halogens is 2. The summed E-state index contributed by atoms with van der Waals surface area (Å²) in [6.45, 7) is 3.21. The Labute approximate surface area is 175 Å². The topological polar surface area (TPSA) is 66.8 Å². The van der Waals surface area contributed by atoms with E-state index >= 15 is 0 Å². The fourth-order valence-electron chi connectivity index (χ4n) is 3.28. The van der Waals surface area contributed by atoms with Gasteiger partial charge < -0.3 is 24.2 Å². The summed E-state index contributed by atoms with van der Waals surface area (Å²) < 4.78 is 16.5. The molecule has 1 saturated heterocycles. The van der Waals surface area contributed by atoms with Gasteiger partial charge in [-0.2, -0.15) is 4.99 Å². The van der Waals surface area contributed by atoms with Crippen molar-refractivity contribution in [3.63, 3.8) is 0 Å². The van der Waals surface area contributed by atoms with E-state index in [-0.39, 0.29) is 6.10 Å². The Morgan fingerprint density at radius 2 is 1.86 bits per heavy atom. The van der Waals surface area contributed by atoms with Crippen LogP contribution in [0.2, 0.25) is 10.0 Å². The standard InChI is InChI=1S/C19H25Cl2N3O4/c1-26-17-12-18(27-2)24(19(25)22-17)10-9-23-7-5-13(6-8-23)28-14-3-4-15(20)16(21)11-14/h3-4,11-13,19,25H,5-10H2,1-2H3. The minimum Gasteiger partial charge on any atom is -0.490 e. The molecule has 2 aliphatic rings. The number of aliphatic imine (C=N–C) groups is 1. The lowest BCUT2D eigenvalue weighted by molar-refractivity contribution is -0.0179. The van der Waals surface area contributed by atoms with E-state index in [1.165, 1.54) is 7.11 Å². The van der Waals surface area contributed by atoms with E-state index in [1.54, 1.807) is 30.2 Å². The first kappa shape index (κ1) is 21.0. The largest absolute Gasteiger partial charge is 0.490 e. The molecule has 28 heavy (non-hydrogen) atoms. The first-order valence-electron chi connectivity index (χ1n) is 9.16. The lowest BCUT2D eigenvalue weighted by Crippen LogP contribution is -2.45. The molecule has 1 unspecified atom stereocenters. The van der Waals surface area contributed by atoms with Crippen molar-refractivity contribution >= 4 is 29.1 Å². The van der Waals surface area contributed by atoms with Gasteiger partial charge in [0, 0.05) is 32.2 Å². The summed E-state index contributed by atoms with van der Waals surface area (Å²) in [7, 11) is 3.07. The molecule has 3 rings (SSSR count). The van der Waals surface area contributed by atoms with E-state index in [0.717, 1.165) is 38.2 Å². The zero-order chi connectivity index (χ0) is 20.1. The van der Waals surface area contributed by atoms with Crippen LogP contribution in [0.3, 0.4) is 0 Å². The molecule has 1 fully saturated rings. The van der Waals surface area contributed by atoms with Crippen LogP contribution in [0, 0.1) is 0 Å². The highest BCUT2D eigenvalue weighted by Gasteiger charge is 2.26. The third-order valence-corrected chi connectivity index (χ3v) is 5.59. The number of ether oxygens (including phenoxy) is 3. The number of methoxy groups -OCH3 is 2. The van der Waals surface area contributed by atoms with Crippen LogP contribution in [0.1, 0.15) is 12.8 Å². The monoisotopic (exact) mass is 429 g/mol.